The van der Waals surface area contributed by atoms with Gasteiger partial charge >= 0.3 is 6.01 Å². The molecule has 5 rings (SSSR count). The van der Waals surface area contributed by atoms with Crippen molar-refractivity contribution in [2.24, 2.45) is 0 Å². The normalized spacial score (nSPS) is 23.7. The highest BCUT2D eigenvalue weighted by Gasteiger charge is 2.31. The molecule has 10 heteroatoms. The highest BCUT2D eigenvalue weighted by Crippen LogP contribution is 2.35. The number of ether oxygens (including phenoxy) is 2. The number of hydrogen-bond acceptors (Lipinski definition) is 8. The van der Waals surface area contributed by atoms with Gasteiger partial charge in [0.15, 0.2) is 5.82 Å². The molecule has 2 unspecified atom stereocenters. The maximum absolute atomic E-state index is 15.2. The topological polar surface area (TPSA) is 88.8 Å². The zero-order valence-electron chi connectivity index (χ0n) is 20.5. The van der Waals surface area contributed by atoms with Crippen molar-refractivity contribution >= 4 is 16.7 Å². The third-order valence-corrected chi connectivity index (χ3v) is 7.14. The lowest BCUT2D eigenvalue weighted by atomic mass is 9.85. The molecular weight excluding hydrogens is 451 g/mol. The number of alkyl halides is 1. The molecule has 0 bridgehead atoms. The Kier molecular flexibility index (Phi) is 6.86. The average molecular weight is 485 g/mol. The van der Waals surface area contributed by atoms with Crippen molar-refractivity contribution in [3.8, 4) is 11.8 Å². The largest absolute Gasteiger partial charge is 0.467 e. The lowest BCUT2D eigenvalue weighted by Gasteiger charge is -2.35. The summed E-state index contributed by atoms with van der Waals surface area (Å²) in [6.45, 7) is 7.81. The Morgan fingerprint density at radius 1 is 1.20 bits per heavy atom. The van der Waals surface area contributed by atoms with E-state index in [4.69, 9.17) is 9.47 Å². The van der Waals surface area contributed by atoms with Gasteiger partial charge in [0.2, 0.25) is 0 Å². The van der Waals surface area contributed by atoms with Gasteiger partial charge in [-0.05, 0) is 50.1 Å². The number of β-amino-alcohol motifs (C(OH)–C–C–N with tert-alkyl or cyclic N) is 1. The molecule has 2 fully saturated rings. The van der Waals surface area contributed by atoms with Crippen molar-refractivity contribution in [1.29, 1.82) is 0 Å². The summed E-state index contributed by atoms with van der Waals surface area (Å²) in [5, 5.41) is 14.8. The van der Waals surface area contributed by atoms with Crippen molar-refractivity contribution in [2.45, 2.75) is 38.4 Å². The molecule has 0 spiro atoms. The van der Waals surface area contributed by atoms with Crippen molar-refractivity contribution in [2.75, 3.05) is 58.0 Å². The number of aliphatic hydroxyl groups is 1. The second-order valence-corrected chi connectivity index (χ2v) is 9.45. The highest BCUT2D eigenvalue weighted by molar-refractivity contribution is 5.82. The number of fused-ring (bicyclic) bond motifs is 1. The maximum Gasteiger partial charge on any atom is 0.320 e. The third-order valence-electron chi connectivity index (χ3n) is 7.14. The molecule has 1 N–H and O–H groups in total. The van der Waals surface area contributed by atoms with Gasteiger partial charge < -0.3 is 19.5 Å². The quantitative estimate of drug-likeness (QED) is 0.571. The predicted octanol–water partition coefficient (Wildman–Crippen LogP) is 2.48. The molecule has 2 saturated heterocycles. The molecule has 4 heterocycles. The fourth-order valence-electron chi connectivity index (χ4n) is 5.26. The number of morpholine rings is 1. The fourth-order valence-corrected chi connectivity index (χ4v) is 5.26. The minimum absolute atomic E-state index is 0.0508. The van der Waals surface area contributed by atoms with Crippen LogP contribution in [0.1, 0.15) is 30.4 Å². The number of hydrogen-bond donors (Lipinski definition) is 1. The summed E-state index contributed by atoms with van der Waals surface area (Å²) < 4.78 is 28.0. The van der Waals surface area contributed by atoms with Crippen LogP contribution in [0.2, 0.25) is 0 Å². The van der Waals surface area contributed by atoms with Crippen molar-refractivity contribution in [3.05, 3.63) is 35.5 Å². The molecule has 0 radical (unpaired) electrons. The van der Waals surface area contributed by atoms with Crippen LogP contribution in [0, 0.1) is 6.92 Å². The number of methoxy groups -OCH3 is 1. The predicted molar refractivity (Wildman–Crippen MR) is 131 cm³/mol. The molecule has 0 saturated carbocycles. The van der Waals surface area contributed by atoms with Crippen LogP contribution in [0.3, 0.4) is 0 Å². The Balaban J connectivity index is 1.53. The van der Waals surface area contributed by atoms with E-state index in [1.165, 1.54) is 0 Å². The molecule has 3 aromatic rings. The van der Waals surface area contributed by atoms with E-state index >= 15 is 4.39 Å². The van der Waals surface area contributed by atoms with E-state index in [1.807, 2.05) is 24.1 Å². The second kappa shape index (κ2) is 10.0. The third kappa shape index (κ3) is 4.70. The van der Waals surface area contributed by atoms with Crippen LogP contribution in [0.4, 0.5) is 10.2 Å². The zero-order valence-corrected chi connectivity index (χ0v) is 20.5. The molecule has 2 aliphatic rings. The summed E-state index contributed by atoms with van der Waals surface area (Å²) in [4.78, 5) is 13.3. The Bertz CT molecular complexity index is 1190. The molecule has 1 aromatic carbocycles. The maximum atomic E-state index is 15.2. The van der Waals surface area contributed by atoms with Crippen LogP contribution in [0.25, 0.3) is 16.7 Å². The number of aliphatic hydroxyl groups excluding tert-OH is 1. The van der Waals surface area contributed by atoms with E-state index in [1.54, 1.807) is 11.8 Å². The van der Waals surface area contributed by atoms with Crippen molar-refractivity contribution < 1.29 is 19.0 Å². The minimum Gasteiger partial charge on any atom is -0.467 e. The standard InChI is InChI=1S/C25H33FN6O3/c1-16-10-18-13-27-32(22(18)11-20(16)19-4-5-30(6-8-33)14-21(19)26)24-12-23(28-25(29-24)34-3)31-7-9-35-15-17(31)2/h10-13,17,19,21,33H,4-9,14-15H2,1-3H3/t17-,19?,21?/m1/s1. The van der Waals surface area contributed by atoms with E-state index in [-0.39, 0.29) is 24.6 Å². The summed E-state index contributed by atoms with van der Waals surface area (Å²) in [5.41, 5.74) is 2.93. The molecule has 35 heavy (non-hydrogen) atoms. The average Bonchev–Trinajstić information content (AvgIpc) is 3.26. The monoisotopic (exact) mass is 484 g/mol. The van der Waals surface area contributed by atoms with Crippen LogP contribution in [0.5, 0.6) is 6.01 Å². The summed E-state index contributed by atoms with van der Waals surface area (Å²) in [5.74, 6) is 1.17. The van der Waals surface area contributed by atoms with Gasteiger partial charge in [0.05, 0.1) is 44.7 Å². The fraction of sp³-hybridized carbons (Fsp3) is 0.560. The Hall–Kier alpha value is -2.82. The van der Waals surface area contributed by atoms with Gasteiger partial charge in [-0.2, -0.15) is 15.1 Å². The molecule has 0 aliphatic carbocycles. The highest BCUT2D eigenvalue weighted by atomic mass is 19.1. The van der Waals surface area contributed by atoms with E-state index in [2.05, 4.69) is 39.0 Å². The first-order valence-electron chi connectivity index (χ1n) is 12.2. The van der Waals surface area contributed by atoms with Crippen LogP contribution in [-0.2, 0) is 4.74 Å². The summed E-state index contributed by atoms with van der Waals surface area (Å²) in [6.07, 6.45) is 1.53. The first kappa shape index (κ1) is 23.9. The first-order valence-corrected chi connectivity index (χ1v) is 12.2. The van der Waals surface area contributed by atoms with Gasteiger partial charge in [-0.1, -0.05) is 0 Å². The summed E-state index contributed by atoms with van der Waals surface area (Å²) >= 11 is 0. The van der Waals surface area contributed by atoms with Gasteiger partial charge in [-0.3, -0.25) is 4.90 Å². The number of halogens is 1. The van der Waals surface area contributed by atoms with Gasteiger partial charge in [0.1, 0.15) is 12.0 Å². The first-order chi connectivity index (χ1) is 17.0. The number of aromatic nitrogens is 4. The van der Waals surface area contributed by atoms with Gasteiger partial charge in [-0.25, -0.2) is 9.07 Å². The smallest absolute Gasteiger partial charge is 0.320 e. The van der Waals surface area contributed by atoms with E-state index < -0.39 is 6.17 Å². The number of piperidine rings is 1. The SMILES string of the molecule is COc1nc(N2CCOC[C@H]2C)cc(-n2ncc3cc(C)c(C4CCN(CCO)CC4F)cc32)n1. The number of likely N-dealkylation sites (tertiary alicyclic amines) is 1. The van der Waals surface area contributed by atoms with Crippen molar-refractivity contribution in [1.82, 2.24) is 24.6 Å². The van der Waals surface area contributed by atoms with Crippen LogP contribution in [0.15, 0.2) is 24.4 Å². The molecule has 2 aromatic heterocycles. The Morgan fingerprint density at radius 3 is 2.77 bits per heavy atom. The van der Waals surface area contributed by atoms with Gasteiger partial charge in [0.25, 0.3) is 0 Å². The minimum atomic E-state index is -0.989. The van der Waals surface area contributed by atoms with Crippen LogP contribution in [-0.4, -0.2) is 95.1 Å². The Morgan fingerprint density at radius 2 is 2.03 bits per heavy atom. The van der Waals surface area contributed by atoms with Crippen LogP contribution >= 0.6 is 0 Å². The molecule has 0 amide bonds. The van der Waals surface area contributed by atoms with E-state index in [9.17, 15) is 5.11 Å². The van der Waals surface area contributed by atoms with E-state index in [0.717, 1.165) is 40.9 Å². The lowest BCUT2D eigenvalue weighted by molar-refractivity contribution is 0.0984. The number of benzene rings is 1. The van der Waals surface area contributed by atoms with Crippen molar-refractivity contribution in [3.63, 3.8) is 0 Å². The Labute approximate surface area is 204 Å². The molecule has 2 aliphatic heterocycles. The zero-order chi connectivity index (χ0) is 24.5. The molecule has 3 atom stereocenters. The number of anilines is 1. The second-order valence-electron chi connectivity index (χ2n) is 9.45. The van der Waals surface area contributed by atoms with Gasteiger partial charge in [-0.15, -0.1) is 0 Å². The number of aryl methyl sites for hydroxylation is 1. The van der Waals surface area contributed by atoms with Crippen LogP contribution < -0.4 is 9.64 Å². The molecule has 188 valence electrons. The molecule has 9 nitrogen and oxygen atoms in total. The molecular formula is C25H33FN6O3. The number of rotatable bonds is 6. The van der Waals surface area contributed by atoms with Gasteiger partial charge in [0, 0.05) is 37.0 Å². The lowest BCUT2D eigenvalue weighted by Crippen LogP contribution is -2.44. The summed E-state index contributed by atoms with van der Waals surface area (Å²) in [7, 11) is 1.55. The van der Waals surface area contributed by atoms with E-state index in [0.29, 0.717) is 38.5 Å². The summed E-state index contributed by atoms with van der Waals surface area (Å²) in [6, 6.07) is 6.50. The number of nitrogens with zero attached hydrogens (tertiary/aromatic N) is 6.